The number of anilines is 1. The van der Waals surface area contributed by atoms with Crippen molar-refractivity contribution in [1.29, 1.82) is 0 Å². The van der Waals surface area contributed by atoms with Crippen LogP contribution in [-0.4, -0.2) is 17.1 Å². The van der Waals surface area contributed by atoms with Crippen LogP contribution in [0.15, 0.2) is 30.7 Å². The van der Waals surface area contributed by atoms with Crippen molar-refractivity contribution in [1.82, 2.24) is 9.97 Å². The predicted octanol–water partition coefficient (Wildman–Crippen LogP) is 2.04. The van der Waals surface area contributed by atoms with Crippen molar-refractivity contribution in [3.05, 3.63) is 36.3 Å². The minimum absolute atomic E-state index is 0.664. The quantitative estimate of drug-likeness (QED) is 0.832. The monoisotopic (exact) mass is 215 g/mol. The SMILES string of the molecule is COc1cncc(-c2ncc(N)cc2C)c1. The van der Waals surface area contributed by atoms with E-state index >= 15 is 0 Å². The molecule has 0 saturated heterocycles. The van der Waals surface area contributed by atoms with Gasteiger partial charge in [0.2, 0.25) is 0 Å². The minimum atomic E-state index is 0.664. The third-order valence-corrected chi connectivity index (χ3v) is 2.32. The van der Waals surface area contributed by atoms with Crippen LogP contribution < -0.4 is 10.5 Å². The summed E-state index contributed by atoms with van der Waals surface area (Å²) in [6.45, 7) is 1.97. The van der Waals surface area contributed by atoms with Gasteiger partial charge >= 0.3 is 0 Å². The van der Waals surface area contributed by atoms with Gasteiger partial charge in [-0.2, -0.15) is 0 Å². The number of ether oxygens (including phenoxy) is 1. The fourth-order valence-electron chi connectivity index (χ4n) is 1.56. The molecule has 2 aromatic rings. The van der Waals surface area contributed by atoms with Crippen molar-refractivity contribution in [2.75, 3.05) is 12.8 Å². The lowest BCUT2D eigenvalue weighted by molar-refractivity contribution is 0.413. The van der Waals surface area contributed by atoms with Gasteiger partial charge in [0.1, 0.15) is 5.75 Å². The zero-order valence-electron chi connectivity index (χ0n) is 9.27. The van der Waals surface area contributed by atoms with E-state index < -0.39 is 0 Å². The molecule has 2 N–H and O–H groups in total. The molecule has 0 fully saturated rings. The van der Waals surface area contributed by atoms with Gasteiger partial charge in [0.15, 0.2) is 0 Å². The minimum Gasteiger partial charge on any atom is -0.495 e. The van der Waals surface area contributed by atoms with E-state index in [0.717, 1.165) is 22.6 Å². The molecular weight excluding hydrogens is 202 g/mol. The summed E-state index contributed by atoms with van der Waals surface area (Å²) in [5, 5.41) is 0. The molecular formula is C12H13N3O. The molecule has 4 heteroatoms. The van der Waals surface area contributed by atoms with E-state index in [1.807, 2.05) is 19.1 Å². The first-order valence-electron chi connectivity index (χ1n) is 4.92. The van der Waals surface area contributed by atoms with E-state index in [0.29, 0.717) is 5.69 Å². The number of nitrogens with two attached hydrogens (primary N) is 1. The Morgan fingerprint density at radius 2 is 2.00 bits per heavy atom. The Labute approximate surface area is 94.1 Å². The summed E-state index contributed by atoms with van der Waals surface area (Å²) in [7, 11) is 1.62. The summed E-state index contributed by atoms with van der Waals surface area (Å²) >= 11 is 0. The molecule has 82 valence electrons. The highest BCUT2D eigenvalue weighted by Crippen LogP contribution is 2.24. The molecule has 0 amide bonds. The van der Waals surface area contributed by atoms with Gasteiger partial charge in [0.25, 0.3) is 0 Å². The smallest absolute Gasteiger partial charge is 0.137 e. The second kappa shape index (κ2) is 4.18. The highest BCUT2D eigenvalue weighted by Gasteiger charge is 2.05. The third kappa shape index (κ3) is 1.95. The Bertz CT molecular complexity index is 511. The first-order chi connectivity index (χ1) is 7.70. The second-order valence-corrected chi connectivity index (χ2v) is 3.55. The van der Waals surface area contributed by atoms with Gasteiger partial charge in [0.05, 0.1) is 30.9 Å². The molecule has 0 radical (unpaired) electrons. The number of aromatic nitrogens is 2. The maximum Gasteiger partial charge on any atom is 0.137 e. The maximum absolute atomic E-state index is 5.66. The predicted molar refractivity (Wildman–Crippen MR) is 63.2 cm³/mol. The molecule has 0 aromatic carbocycles. The molecule has 0 aliphatic carbocycles. The Balaban J connectivity index is 2.49. The summed E-state index contributed by atoms with van der Waals surface area (Å²) < 4.78 is 5.12. The summed E-state index contributed by atoms with van der Waals surface area (Å²) in [6, 6.07) is 3.79. The van der Waals surface area contributed by atoms with Crippen LogP contribution in [0.3, 0.4) is 0 Å². The van der Waals surface area contributed by atoms with E-state index in [2.05, 4.69) is 9.97 Å². The highest BCUT2D eigenvalue weighted by atomic mass is 16.5. The second-order valence-electron chi connectivity index (χ2n) is 3.55. The van der Waals surface area contributed by atoms with Gasteiger partial charge in [-0.25, -0.2) is 0 Å². The normalized spacial score (nSPS) is 10.1. The van der Waals surface area contributed by atoms with E-state index in [-0.39, 0.29) is 0 Å². The molecule has 4 nitrogen and oxygen atoms in total. The first kappa shape index (κ1) is 10.4. The lowest BCUT2D eigenvalue weighted by Gasteiger charge is -2.06. The molecule has 2 rings (SSSR count). The van der Waals surface area contributed by atoms with Crippen molar-refractivity contribution in [3.63, 3.8) is 0 Å². The molecule has 0 aliphatic heterocycles. The third-order valence-electron chi connectivity index (χ3n) is 2.32. The van der Waals surface area contributed by atoms with Gasteiger partial charge in [0, 0.05) is 11.8 Å². The van der Waals surface area contributed by atoms with Crippen molar-refractivity contribution >= 4 is 5.69 Å². The van der Waals surface area contributed by atoms with Crippen molar-refractivity contribution in [2.45, 2.75) is 6.92 Å². The summed E-state index contributed by atoms with van der Waals surface area (Å²) in [5.41, 5.74) is 9.15. The number of rotatable bonds is 2. The van der Waals surface area contributed by atoms with Crippen LogP contribution >= 0.6 is 0 Å². The fraction of sp³-hybridized carbons (Fsp3) is 0.167. The average Bonchev–Trinajstić information content (AvgIpc) is 2.29. The topological polar surface area (TPSA) is 61.0 Å². The highest BCUT2D eigenvalue weighted by molar-refractivity contribution is 5.65. The lowest BCUT2D eigenvalue weighted by atomic mass is 10.1. The molecule has 2 heterocycles. The van der Waals surface area contributed by atoms with Gasteiger partial charge in [-0.1, -0.05) is 0 Å². The molecule has 0 atom stereocenters. The summed E-state index contributed by atoms with van der Waals surface area (Å²) in [5.74, 6) is 0.718. The number of aryl methyl sites for hydroxylation is 1. The average molecular weight is 215 g/mol. The Hall–Kier alpha value is -2.10. The van der Waals surface area contributed by atoms with Crippen LogP contribution in [0.5, 0.6) is 5.75 Å². The van der Waals surface area contributed by atoms with Crippen molar-refractivity contribution in [2.24, 2.45) is 0 Å². The van der Waals surface area contributed by atoms with E-state index in [1.165, 1.54) is 0 Å². The van der Waals surface area contributed by atoms with Crippen molar-refractivity contribution in [3.8, 4) is 17.0 Å². The molecule has 0 saturated carbocycles. The van der Waals surface area contributed by atoms with Gasteiger partial charge in [-0.3, -0.25) is 9.97 Å². The summed E-state index contributed by atoms with van der Waals surface area (Å²) in [4.78, 5) is 8.40. The number of hydrogen-bond acceptors (Lipinski definition) is 4. The molecule has 0 spiro atoms. The maximum atomic E-state index is 5.66. The largest absolute Gasteiger partial charge is 0.495 e. The van der Waals surface area contributed by atoms with Crippen LogP contribution in [0.2, 0.25) is 0 Å². The van der Waals surface area contributed by atoms with Gasteiger partial charge in [-0.05, 0) is 24.6 Å². The molecule has 0 unspecified atom stereocenters. The first-order valence-corrected chi connectivity index (χ1v) is 4.92. The van der Waals surface area contributed by atoms with Crippen LogP contribution in [0.4, 0.5) is 5.69 Å². The molecule has 16 heavy (non-hydrogen) atoms. The Kier molecular flexibility index (Phi) is 2.72. The fourth-order valence-corrected chi connectivity index (χ4v) is 1.56. The van der Waals surface area contributed by atoms with Crippen LogP contribution in [0, 0.1) is 6.92 Å². The Morgan fingerprint density at radius 1 is 1.19 bits per heavy atom. The van der Waals surface area contributed by atoms with Crippen LogP contribution in [0.25, 0.3) is 11.3 Å². The molecule has 2 aromatic heterocycles. The Morgan fingerprint density at radius 3 is 2.69 bits per heavy atom. The van der Waals surface area contributed by atoms with Crippen molar-refractivity contribution < 1.29 is 4.74 Å². The zero-order valence-corrected chi connectivity index (χ0v) is 9.27. The lowest BCUT2D eigenvalue weighted by Crippen LogP contribution is -1.93. The molecule has 0 bridgehead atoms. The van der Waals surface area contributed by atoms with E-state index in [1.54, 1.807) is 25.7 Å². The molecule has 0 aliphatic rings. The number of methoxy groups -OCH3 is 1. The number of nitrogen functional groups attached to an aromatic ring is 1. The van der Waals surface area contributed by atoms with Crippen LogP contribution in [-0.2, 0) is 0 Å². The number of nitrogens with zero attached hydrogens (tertiary/aromatic N) is 2. The number of hydrogen-bond donors (Lipinski definition) is 1. The van der Waals surface area contributed by atoms with E-state index in [9.17, 15) is 0 Å². The standard InChI is InChI=1S/C12H13N3O/c1-8-3-10(13)6-15-12(8)9-4-11(16-2)7-14-5-9/h3-7H,13H2,1-2H3. The summed E-state index contributed by atoms with van der Waals surface area (Å²) in [6.07, 6.45) is 5.06. The van der Waals surface area contributed by atoms with Gasteiger partial charge < -0.3 is 10.5 Å². The number of pyridine rings is 2. The van der Waals surface area contributed by atoms with E-state index in [4.69, 9.17) is 10.5 Å². The van der Waals surface area contributed by atoms with Gasteiger partial charge in [-0.15, -0.1) is 0 Å². The zero-order chi connectivity index (χ0) is 11.5. The van der Waals surface area contributed by atoms with Crippen LogP contribution in [0.1, 0.15) is 5.56 Å².